The van der Waals surface area contributed by atoms with E-state index in [1.54, 1.807) is 0 Å². The van der Waals surface area contributed by atoms with Crippen molar-refractivity contribution in [3.63, 3.8) is 0 Å². The van der Waals surface area contributed by atoms with Crippen LogP contribution in [0.5, 0.6) is 0 Å². The molecule has 1 saturated carbocycles. The first-order valence-corrected chi connectivity index (χ1v) is 5.36. The minimum absolute atomic E-state index is 0.457. The molecule has 0 aromatic rings. The Labute approximate surface area is 76.7 Å². The van der Waals surface area contributed by atoms with Crippen molar-refractivity contribution in [2.24, 2.45) is 11.1 Å². The Hall–Kier alpha value is -0.0400. The Morgan fingerprint density at radius 1 is 1.08 bits per heavy atom. The first-order valence-electron chi connectivity index (χ1n) is 5.36. The lowest BCUT2D eigenvalue weighted by Gasteiger charge is -2.26. The fraction of sp³-hybridized carbons (Fsp3) is 1.00. The average molecular weight is 169 g/mol. The summed E-state index contributed by atoms with van der Waals surface area (Å²) in [5.74, 6) is 0. The van der Waals surface area contributed by atoms with Gasteiger partial charge in [0.1, 0.15) is 0 Å². The van der Waals surface area contributed by atoms with Gasteiger partial charge in [0.2, 0.25) is 0 Å². The summed E-state index contributed by atoms with van der Waals surface area (Å²) in [4.78, 5) is 0. The van der Waals surface area contributed by atoms with Crippen molar-refractivity contribution in [2.45, 2.75) is 64.8 Å². The highest BCUT2D eigenvalue weighted by atomic mass is 14.6. The maximum absolute atomic E-state index is 6.05. The molecule has 1 rings (SSSR count). The van der Waals surface area contributed by atoms with Crippen LogP contribution in [-0.2, 0) is 0 Å². The highest BCUT2D eigenvalue weighted by Gasteiger charge is 2.21. The normalized spacial score (nSPS) is 31.8. The molecular weight excluding hydrogens is 146 g/mol. The summed E-state index contributed by atoms with van der Waals surface area (Å²) >= 11 is 0. The molecule has 0 heterocycles. The van der Waals surface area contributed by atoms with Crippen LogP contribution in [0.4, 0.5) is 0 Å². The Bertz CT molecular complexity index is 129. The second kappa shape index (κ2) is 4.27. The van der Waals surface area contributed by atoms with E-state index in [1.807, 2.05) is 0 Å². The van der Waals surface area contributed by atoms with E-state index in [9.17, 15) is 0 Å². The van der Waals surface area contributed by atoms with Gasteiger partial charge in [-0.05, 0) is 24.7 Å². The van der Waals surface area contributed by atoms with E-state index in [0.29, 0.717) is 11.5 Å². The zero-order valence-corrected chi connectivity index (χ0v) is 8.60. The summed E-state index contributed by atoms with van der Waals surface area (Å²) in [5, 5.41) is 0. The van der Waals surface area contributed by atoms with Crippen LogP contribution in [-0.4, -0.2) is 6.04 Å². The van der Waals surface area contributed by atoms with E-state index in [4.69, 9.17) is 5.73 Å². The van der Waals surface area contributed by atoms with Crippen LogP contribution >= 0.6 is 0 Å². The van der Waals surface area contributed by atoms with Crippen LogP contribution in [0.2, 0.25) is 0 Å². The van der Waals surface area contributed by atoms with Gasteiger partial charge in [-0.2, -0.15) is 0 Å². The monoisotopic (exact) mass is 169 g/mol. The standard InChI is InChI=1S/C11H23N/c1-11(2)8-6-4-3-5-7-10(12)9-11/h10H,3-9,12H2,1-2H3. The van der Waals surface area contributed by atoms with Gasteiger partial charge in [-0.1, -0.05) is 39.5 Å². The van der Waals surface area contributed by atoms with Crippen LogP contribution < -0.4 is 5.73 Å². The highest BCUT2D eigenvalue weighted by molar-refractivity contribution is 4.77. The van der Waals surface area contributed by atoms with E-state index < -0.39 is 0 Å². The van der Waals surface area contributed by atoms with Gasteiger partial charge in [0, 0.05) is 6.04 Å². The topological polar surface area (TPSA) is 26.0 Å². The zero-order chi connectivity index (χ0) is 9.03. The van der Waals surface area contributed by atoms with Crippen molar-refractivity contribution in [1.82, 2.24) is 0 Å². The lowest BCUT2D eigenvalue weighted by Crippen LogP contribution is -2.27. The largest absolute Gasteiger partial charge is 0.328 e. The summed E-state index contributed by atoms with van der Waals surface area (Å²) in [5.41, 5.74) is 6.54. The van der Waals surface area contributed by atoms with Crippen molar-refractivity contribution in [3.8, 4) is 0 Å². The number of rotatable bonds is 0. The first-order chi connectivity index (χ1) is 5.60. The minimum Gasteiger partial charge on any atom is -0.328 e. The molecule has 1 nitrogen and oxygen atoms in total. The molecule has 0 radical (unpaired) electrons. The van der Waals surface area contributed by atoms with Gasteiger partial charge in [-0.15, -0.1) is 0 Å². The molecule has 0 aromatic carbocycles. The molecule has 0 bridgehead atoms. The molecule has 0 saturated heterocycles. The van der Waals surface area contributed by atoms with E-state index in [-0.39, 0.29) is 0 Å². The van der Waals surface area contributed by atoms with Crippen molar-refractivity contribution in [2.75, 3.05) is 0 Å². The lowest BCUT2D eigenvalue weighted by molar-refractivity contribution is 0.275. The van der Waals surface area contributed by atoms with E-state index in [0.717, 1.165) is 0 Å². The summed E-state index contributed by atoms with van der Waals surface area (Å²) < 4.78 is 0. The van der Waals surface area contributed by atoms with E-state index >= 15 is 0 Å². The third-order valence-corrected chi connectivity index (χ3v) is 2.99. The van der Waals surface area contributed by atoms with Gasteiger partial charge in [0.05, 0.1) is 0 Å². The molecular formula is C11H23N. The minimum atomic E-state index is 0.457. The molecule has 1 atom stereocenters. The predicted octanol–water partition coefficient (Wildman–Crippen LogP) is 3.08. The quantitative estimate of drug-likeness (QED) is 0.592. The number of nitrogens with two attached hydrogens (primary N) is 1. The van der Waals surface area contributed by atoms with Crippen molar-refractivity contribution >= 4 is 0 Å². The van der Waals surface area contributed by atoms with Gasteiger partial charge in [-0.3, -0.25) is 0 Å². The Morgan fingerprint density at radius 2 is 1.75 bits per heavy atom. The van der Waals surface area contributed by atoms with E-state index in [1.165, 1.54) is 44.9 Å². The first kappa shape index (κ1) is 10.0. The fourth-order valence-electron chi connectivity index (χ4n) is 2.28. The molecule has 1 heteroatoms. The van der Waals surface area contributed by atoms with Crippen molar-refractivity contribution in [1.29, 1.82) is 0 Å². The van der Waals surface area contributed by atoms with Gasteiger partial charge < -0.3 is 5.73 Å². The highest BCUT2D eigenvalue weighted by Crippen LogP contribution is 2.31. The average Bonchev–Trinajstić information content (AvgIpc) is 1.99. The van der Waals surface area contributed by atoms with Gasteiger partial charge in [-0.25, -0.2) is 0 Å². The molecule has 2 N–H and O–H groups in total. The summed E-state index contributed by atoms with van der Waals surface area (Å²) in [6, 6.07) is 0.457. The SMILES string of the molecule is CC1(C)CCCCCCC(N)C1. The van der Waals surface area contributed by atoms with Crippen LogP contribution in [0.3, 0.4) is 0 Å². The Kier molecular flexibility index (Phi) is 3.57. The predicted molar refractivity (Wildman–Crippen MR) is 54.1 cm³/mol. The van der Waals surface area contributed by atoms with E-state index in [2.05, 4.69) is 13.8 Å². The summed E-state index contributed by atoms with van der Waals surface area (Å²) in [6.45, 7) is 4.72. The molecule has 1 unspecified atom stereocenters. The lowest BCUT2D eigenvalue weighted by atomic mass is 9.81. The van der Waals surface area contributed by atoms with Crippen LogP contribution in [0.15, 0.2) is 0 Å². The molecule has 0 spiro atoms. The molecule has 0 aromatic heterocycles. The third-order valence-electron chi connectivity index (χ3n) is 2.99. The molecule has 1 aliphatic carbocycles. The molecule has 0 amide bonds. The summed E-state index contributed by atoms with van der Waals surface area (Å²) in [6.07, 6.45) is 9.37. The Balaban J connectivity index is 2.44. The molecule has 12 heavy (non-hydrogen) atoms. The smallest absolute Gasteiger partial charge is 0.00439 e. The second-order valence-electron chi connectivity index (χ2n) is 5.08. The molecule has 0 aliphatic heterocycles. The van der Waals surface area contributed by atoms with Gasteiger partial charge in [0.15, 0.2) is 0 Å². The molecule has 1 aliphatic rings. The third kappa shape index (κ3) is 3.57. The molecule has 72 valence electrons. The maximum atomic E-state index is 6.05. The van der Waals surface area contributed by atoms with Gasteiger partial charge >= 0.3 is 0 Å². The van der Waals surface area contributed by atoms with Crippen LogP contribution in [0, 0.1) is 5.41 Å². The second-order valence-corrected chi connectivity index (χ2v) is 5.08. The molecule has 1 fully saturated rings. The number of hydrogen-bond donors (Lipinski definition) is 1. The number of hydrogen-bond acceptors (Lipinski definition) is 1. The van der Waals surface area contributed by atoms with Crippen molar-refractivity contribution < 1.29 is 0 Å². The van der Waals surface area contributed by atoms with Crippen LogP contribution in [0.25, 0.3) is 0 Å². The fourth-order valence-corrected chi connectivity index (χ4v) is 2.28. The summed E-state index contributed by atoms with van der Waals surface area (Å²) in [7, 11) is 0. The maximum Gasteiger partial charge on any atom is 0.00439 e. The van der Waals surface area contributed by atoms with Crippen LogP contribution in [0.1, 0.15) is 58.8 Å². The van der Waals surface area contributed by atoms with Crippen molar-refractivity contribution in [3.05, 3.63) is 0 Å². The zero-order valence-electron chi connectivity index (χ0n) is 8.60. The Morgan fingerprint density at radius 3 is 2.50 bits per heavy atom. The van der Waals surface area contributed by atoms with Gasteiger partial charge in [0.25, 0.3) is 0 Å².